The van der Waals surface area contributed by atoms with E-state index in [2.05, 4.69) is 5.32 Å². The summed E-state index contributed by atoms with van der Waals surface area (Å²) in [5.74, 6) is -1.04. The van der Waals surface area contributed by atoms with Crippen LogP contribution in [0.5, 0.6) is 0 Å². The molecule has 0 spiro atoms. The lowest BCUT2D eigenvalue weighted by Gasteiger charge is -2.25. The number of fused-ring (bicyclic) bond motifs is 2. The Morgan fingerprint density at radius 2 is 1.64 bits per heavy atom. The molecule has 1 fully saturated rings. The zero-order valence-electron chi connectivity index (χ0n) is 20.0. The second-order valence-electron chi connectivity index (χ2n) is 9.25. The van der Waals surface area contributed by atoms with Crippen molar-refractivity contribution in [3.63, 3.8) is 0 Å². The van der Waals surface area contributed by atoms with Crippen LogP contribution in [0.3, 0.4) is 0 Å². The Morgan fingerprint density at radius 3 is 2.42 bits per heavy atom. The van der Waals surface area contributed by atoms with E-state index >= 15 is 0 Å². The Bertz CT molecular complexity index is 1400. The standard InChI is InChI=1S/C27H29N3O5S/c31-25(28-19-12-14-20(15-13-19)36(33,34)30-16-6-1-7-17-30)18-35-27(32)26-21-8-2-4-10-23(21)29-24-11-5-3-9-22(24)26/h2,4,8,10,12-15H,1,3,5-7,9,11,16-18H2,(H,28,31). The fourth-order valence-electron chi connectivity index (χ4n) is 4.97. The Labute approximate surface area is 210 Å². The molecule has 1 N–H and O–H groups in total. The van der Waals surface area contributed by atoms with Gasteiger partial charge in [0.2, 0.25) is 10.0 Å². The second-order valence-corrected chi connectivity index (χ2v) is 11.2. The van der Waals surface area contributed by atoms with E-state index in [1.54, 1.807) is 12.1 Å². The molecule has 2 heterocycles. The number of nitrogens with zero attached hydrogens (tertiary/aromatic N) is 2. The van der Waals surface area contributed by atoms with E-state index < -0.39 is 28.5 Å². The fraction of sp³-hybridized carbons (Fsp3) is 0.370. The molecule has 188 valence electrons. The van der Waals surface area contributed by atoms with Crippen molar-refractivity contribution < 1.29 is 22.7 Å². The number of aryl methyl sites for hydroxylation is 1. The van der Waals surface area contributed by atoms with Crippen molar-refractivity contribution >= 4 is 38.5 Å². The van der Waals surface area contributed by atoms with Gasteiger partial charge in [0, 0.05) is 29.9 Å². The van der Waals surface area contributed by atoms with E-state index in [-0.39, 0.29) is 4.90 Å². The molecule has 1 saturated heterocycles. The number of nitrogens with one attached hydrogen (secondary N) is 1. The highest BCUT2D eigenvalue weighted by Crippen LogP contribution is 2.30. The van der Waals surface area contributed by atoms with Gasteiger partial charge in [-0.2, -0.15) is 4.31 Å². The van der Waals surface area contributed by atoms with Crippen LogP contribution in [0.15, 0.2) is 53.4 Å². The minimum Gasteiger partial charge on any atom is -0.452 e. The number of hydrogen-bond donors (Lipinski definition) is 1. The number of rotatable bonds is 6. The summed E-state index contributed by atoms with van der Waals surface area (Å²) in [5, 5.41) is 3.40. The third-order valence-corrected chi connectivity index (χ3v) is 8.71. The third kappa shape index (κ3) is 4.99. The van der Waals surface area contributed by atoms with E-state index in [1.165, 1.54) is 16.4 Å². The maximum Gasteiger partial charge on any atom is 0.339 e. The SMILES string of the molecule is O=C(COC(=O)c1c2c(nc3ccccc13)CCCC2)Nc1ccc(S(=O)(=O)N2CCCCC2)cc1. The van der Waals surface area contributed by atoms with Crippen LogP contribution in [0.1, 0.15) is 53.7 Å². The van der Waals surface area contributed by atoms with Gasteiger partial charge in [-0.15, -0.1) is 0 Å². The number of anilines is 1. The number of carbonyl (C=O) groups is 2. The summed E-state index contributed by atoms with van der Waals surface area (Å²) in [7, 11) is -3.54. The van der Waals surface area contributed by atoms with Crippen molar-refractivity contribution in [3.05, 3.63) is 65.4 Å². The number of sulfonamides is 1. The van der Waals surface area contributed by atoms with Crippen molar-refractivity contribution in [2.24, 2.45) is 0 Å². The molecular weight excluding hydrogens is 478 g/mol. The van der Waals surface area contributed by atoms with Crippen LogP contribution < -0.4 is 5.32 Å². The molecule has 1 amide bonds. The van der Waals surface area contributed by atoms with Gasteiger partial charge in [0.1, 0.15) is 0 Å². The quantitative estimate of drug-likeness (QED) is 0.504. The summed E-state index contributed by atoms with van der Waals surface area (Å²) in [4.78, 5) is 30.5. The third-order valence-electron chi connectivity index (χ3n) is 6.80. The Balaban J connectivity index is 1.25. The summed E-state index contributed by atoms with van der Waals surface area (Å²) in [6, 6.07) is 13.5. The number of aromatic nitrogens is 1. The highest BCUT2D eigenvalue weighted by atomic mass is 32.2. The van der Waals surface area contributed by atoms with Gasteiger partial charge in [0.15, 0.2) is 6.61 Å². The van der Waals surface area contributed by atoms with Crippen LogP contribution in [-0.4, -0.2) is 49.3 Å². The van der Waals surface area contributed by atoms with Gasteiger partial charge < -0.3 is 10.1 Å². The molecule has 0 saturated carbocycles. The minimum atomic E-state index is -3.54. The van der Waals surface area contributed by atoms with E-state index in [0.717, 1.165) is 67.1 Å². The summed E-state index contributed by atoms with van der Waals surface area (Å²) in [6.45, 7) is 0.613. The zero-order valence-corrected chi connectivity index (χ0v) is 20.9. The van der Waals surface area contributed by atoms with E-state index in [0.29, 0.717) is 24.3 Å². The van der Waals surface area contributed by atoms with Crippen molar-refractivity contribution in [2.45, 2.75) is 49.8 Å². The molecule has 3 aromatic rings. The lowest BCUT2D eigenvalue weighted by Crippen LogP contribution is -2.35. The molecule has 8 nitrogen and oxygen atoms in total. The highest BCUT2D eigenvalue weighted by Gasteiger charge is 2.26. The predicted molar refractivity (Wildman–Crippen MR) is 136 cm³/mol. The summed E-state index contributed by atoms with van der Waals surface area (Å²) in [6.07, 6.45) is 6.38. The number of benzene rings is 2. The van der Waals surface area contributed by atoms with Gasteiger partial charge in [-0.3, -0.25) is 9.78 Å². The minimum absolute atomic E-state index is 0.197. The van der Waals surface area contributed by atoms with Gasteiger partial charge in [0.05, 0.1) is 16.0 Å². The summed E-state index contributed by atoms with van der Waals surface area (Å²) >= 11 is 0. The second kappa shape index (κ2) is 10.4. The van der Waals surface area contributed by atoms with Gasteiger partial charge in [0.25, 0.3) is 5.91 Å². The largest absolute Gasteiger partial charge is 0.452 e. The summed E-state index contributed by atoms with van der Waals surface area (Å²) in [5.41, 5.74) is 3.51. The van der Waals surface area contributed by atoms with E-state index in [1.807, 2.05) is 24.3 Å². The van der Waals surface area contributed by atoms with Crippen LogP contribution in [0.25, 0.3) is 10.9 Å². The average Bonchev–Trinajstić information content (AvgIpc) is 2.91. The van der Waals surface area contributed by atoms with E-state index in [9.17, 15) is 18.0 Å². The first-order valence-corrected chi connectivity index (χ1v) is 13.9. The van der Waals surface area contributed by atoms with Gasteiger partial charge >= 0.3 is 5.97 Å². The molecule has 1 aliphatic carbocycles. The zero-order chi connectivity index (χ0) is 25.1. The number of pyridine rings is 1. The first kappa shape index (κ1) is 24.4. The first-order chi connectivity index (χ1) is 17.4. The topological polar surface area (TPSA) is 106 Å². The average molecular weight is 508 g/mol. The fourth-order valence-corrected chi connectivity index (χ4v) is 6.49. The molecule has 0 unspecified atom stereocenters. The maximum absolute atomic E-state index is 13.1. The highest BCUT2D eigenvalue weighted by molar-refractivity contribution is 7.89. The number of amides is 1. The lowest BCUT2D eigenvalue weighted by atomic mass is 9.90. The Morgan fingerprint density at radius 1 is 0.917 bits per heavy atom. The van der Waals surface area contributed by atoms with Crippen molar-refractivity contribution in [3.8, 4) is 0 Å². The molecule has 1 aliphatic heterocycles. The van der Waals surface area contributed by atoms with Crippen LogP contribution >= 0.6 is 0 Å². The molecule has 9 heteroatoms. The molecule has 0 bridgehead atoms. The molecule has 36 heavy (non-hydrogen) atoms. The molecule has 1 aromatic heterocycles. The predicted octanol–water partition coefficient (Wildman–Crippen LogP) is 4.08. The maximum atomic E-state index is 13.1. The van der Waals surface area contributed by atoms with Crippen LogP contribution in [0.2, 0.25) is 0 Å². The molecule has 2 aliphatic rings. The molecular formula is C27H29N3O5S. The molecule has 5 rings (SSSR count). The van der Waals surface area contributed by atoms with Crippen molar-refractivity contribution in [2.75, 3.05) is 25.0 Å². The van der Waals surface area contributed by atoms with Gasteiger partial charge in [-0.05, 0) is 74.4 Å². The van der Waals surface area contributed by atoms with Crippen molar-refractivity contribution in [1.82, 2.24) is 9.29 Å². The lowest BCUT2D eigenvalue weighted by molar-refractivity contribution is -0.119. The monoisotopic (exact) mass is 507 g/mol. The van der Waals surface area contributed by atoms with Crippen LogP contribution in [0.4, 0.5) is 5.69 Å². The number of carbonyl (C=O) groups excluding carboxylic acids is 2. The number of esters is 1. The number of piperidine rings is 1. The molecule has 0 radical (unpaired) electrons. The molecule has 2 aromatic carbocycles. The smallest absolute Gasteiger partial charge is 0.339 e. The Hall–Kier alpha value is -3.30. The number of para-hydroxylation sites is 1. The normalized spacial score (nSPS) is 16.3. The number of hydrogen-bond acceptors (Lipinski definition) is 6. The first-order valence-electron chi connectivity index (χ1n) is 12.4. The number of ether oxygens (including phenoxy) is 1. The molecule has 0 atom stereocenters. The summed E-state index contributed by atoms with van der Waals surface area (Å²) < 4.78 is 32.5. The van der Waals surface area contributed by atoms with Crippen LogP contribution in [0, 0.1) is 0 Å². The van der Waals surface area contributed by atoms with Gasteiger partial charge in [-0.25, -0.2) is 13.2 Å². The van der Waals surface area contributed by atoms with E-state index in [4.69, 9.17) is 9.72 Å². The van der Waals surface area contributed by atoms with Crippen molar-refractivity contribution in [1.29, 1.82) is 0 Å². The van der Waals surface area contributed by atoms with Crippen LogP contribution in [-0.2, 0) is 32.4 Å². The van der Waals surface area contributed by atoms with Gasteiger partial charge in [-0.1, -0.05) is 24.6 Å². The Kier molecular flexibility index (Phi) is 7.02.